The average Bonchev–Trinajstić information content (AvgIpc) is 3.16. The van der Waals surface area contributed by atoms with Gasteiger partial charge in [-0.3, -0.25) is 9.59 Å². The van der Waals surface area contributed by atoms with Crippen molar-refractivity contribution in [3.8, 4) is 11.5 Å². The Balaban J connectivity index is 1.39. The number of ether oxygens (including phenoxy) is 2. The van der Waals surface area contributed by atoms with Gasteiger partial charge in [-0.15, -0.1) is 0 Å². The number of amides is 2. The molecule has 1 saturated heterocycles. The molecule has 164 valence electrons. The van der Waals surface area contributed by atoms with Crippen LogP contribution in [0.4, 0.5) is 5.69 Å². The van der Waals surface area contributed by atoms with Gasteiger partial charge in [-0.2, -0.15) is 0 Å². The molecule has 0 radical (unpaired) electrons. The number of hydrogen-bond donors (Lipinski definition) is 1. The number of nitrogens with one attached hydrogen (secondary N) is 1. The Kier molecular flexibility index (Phi) is 6.30. The SMILES string of the molecule is CN(C)C(=O)c1ccc(NCC(=O)N2CCC[C@H]2c2ccc3c(c2)OCCCO3)cc1. The Morgan fingerprint density at radius 3 is 2.52 bits per heavy atom. The van der Waals surface area contributed by atoms with Crippen LogP contribution in [0.2, 0.25) is 0 Å². The highest BCUT2D eigenvalue weighted by Gasteiger charge is 2.30. The molecule has 0 saturated carbocycles. The van der Waals surface area contributed by atoms with Gasteiger partial charge in [0.15, 0.2) is 11.5 Å². The van der Waals surface area contributed by atoms with Crippen LogP contribution in [-0.4, -0.2) is 62.0 Å². The molecular weight excluding hydrogens is 394 g/mol. The van der Waals surface area contributed by atoms with Gasteiger partial charge in [-0.1, -0.05) is 6.07 Å². The second-order valence-corrected chi connectivity index (χ2v) is 8.13. The number of fused-ring (bicyclic) bond motifs is 1. The molecule has 2 heterocycles. The van der Waals surface area contributed by atoms with E-state index in [1.807, 2.05) is 35.2 Å². The van der Waals surface area contributed by atoms with Crippen molar-refractivity contribution in [2.45, 2.75) is 25.3 Å². The predicted octanol–water partition coefficient (Wildman–Crippen LogP) is 3.33. The second kappa shape index (κ2) is 9.29. The molecule has 2 aromatic carbocycles. The molecule has 0 spiro atoms. The topological polar surface area (TPSA) is 71.1 Å². The molecule has 2 aromatic rings. The highest BCUT2D eigenvalue weighted by Crippen LogP contribution is 2.37. The molecule has 31 heavy (non-hydrogen) atoms. The Hall–Kier alpha value is -3.22. The molecule has 4 rings (SSSR count). The Bertz CT molecular complexity index is 942. The van der Waals surface area contributed by atoms with Gasteiger partial charge >= 0.3 is 0 Å². The highest BCUT2D eigenvalue weighted by atomic mass is 16.5. The fourth-order valence-electron chi connectivity index (χ4n) is 4.07. The van der Waals surface area contributed by atoms with E-state index in [9.17, 15) is 9.59 Å². The van der Waals surface area contributed by atoms with Crippen LogP contribution in [0.5, 0.6) is 11.5 Å². The highest BCUT2D eigenvalue weighted by molar-refractivity contribution is 5.94. The van der Waals surface area contributed by atoms with Crippen molar-refractivity contribution in [1.82, 2.24) is 9.80 Å². The third-order valence-corrected chi connectivity index (χ3v) is 5.71. The van der Waals surface area contributed by atoms with E-state index < -0.39 is 0 Å². The Labute approximate surface area is 182 Å². The van der Waals surface area contributed by atoms with Crippen LogP contribution in [0.1, 0.15) is 41.2 Å². The van der Waals surface area contributed by atoms with Crippen LogP contribution in [0.25, 0.3) is 0 Å². The number of likely N-dealkylation sites (tertiary alicyclic amines) is 1. The number of hydrogen-bond acceptors (Lipinski definition) is 5. The molecule has 0 bridgehead atoms. The van der Waals surface area contributed by atoms with Crippen molar-refractivity contribution in [2.75, 3.05) is 45.7 Å². The van der Waals surface area contributed by atoms with Crippen LogP contribution in [0, 0.1) is 0 Å². The van der Waals surface area contributed by atoms with E-state index >= 15 is 0 Å². The number of carbonyl (C=O) groups is 2. The minimum Gasteiger partial charge on any atom is -0.490 e. The quantitative estimate of drug-likeness (QED) is 0.799. The monoisotopic (exact) mass is 423 g/mol. The largest absolute Gasteiger partial charge is 0.490 e. The lowest BCUT2D eigenvalue weighted by atomic mass is 10.0. The summed E-state index contributed by atoms with van der Waals surface area (Å²) in [6.07, 6.45) is 2.78. The number of carbonyl (C=O) groups excluding carboxylic acids is 2. The first-order chi connectivity index (χ1) is 15.0. The third-order valence-electron chi connectivity index (χ3n) is 5.71. The summed E-state index contributed by atoms with van der Waals surface area (Å²) in [6, 6.07) is 13.3. The summed E-state index contributed by atoms with van der Waals surface area (Å²) in [4.78, 5) is 28.4. The normalized spacial score (nSPS) is 17.7. The van der Waals surface area contributed by atoms with Gasteiger partial charge < -0.3 is 24.6 Å². The van der Waals surface area contributed by atoms with E-state index in [0.717, 1.165) is 48.6 Å². The lowest BCUT2D eigenvalue weighted by Crippen LogP contribution is -2.35. The number of benzene rings is 2. The lowest BCUT2D eigenvalue weighted by Gasteiger charge is -2.26. The lowest BCUT2D eigenvalue weighted by molar-refractivity contribution is -0.130. The minimum atomic E-state index is -0.0438. The van der Waals surface area contributed by atoms with Gasteiger partial charge in [0.2, 0.25) is 5.91 Å². The first kappa shape index (κ1) is 21.0. The molecule has 1 fully saturated rings. The maximum Gasteiger partial charge on any atom is 0.253 e. The van der Waals surface area contributed by atoms with Crippen molar-refractivity contribution in [3.63, 3.8) is 0 Å². The fraction of sp³-hybridized carbons (Fsp3) is 0.417. The summed E-state index contributed by atoms with van der Waals surface area (Å²) in [5, 5.41) is 3.19. The van der Waals surface area contributed by atoms with E-state index in [4.69, 9.17) is 9.47 Å². The van der Waals surface area contributed by atoms with Crippen LogP contribution in [0.3, 0.4) is 0 Å². The van der Waals surface area contributed by atoms with E-state index in [1.54, 1.807) is 31.1 Å². The number of rotatable bonds is 5. The summed E-state index contributed by atoms with van der Waals surface area (Å²) < 4.78 is 11.5. The fourth-order valence-corrected chi connectivity index (χ4v) is 4.07. The van der Waals surface area contributed by atoms with Gasteiger partial charge in [0.05, 0.1) is 25.8 Å². The van der Waals surface area contributed by atoms with Crippen molar-refractivity contribution < 1.29 is 19.1 Å². The number of anilines is 1. The molecule has 7 nitrogen and oxygen atoms in total. The molecule has 2 aliphatic heterocycles. The standard InChI is InChI=1S/C24H29N3O4/c1-26(2)24(29)17-6-9-19(10-7-17)25-16-23(28)27-12-3-5-20(27)18-8-11-21-22(15-18)31-14-4-13-30-21/h6-11,15,20,25H,3-5,12-14,16H2,1-2H3/t20-/m0/s1. The first-order valence-electron chi connectivity index (χ1n) is 10.8. The summed E-state index contributed by atoms with van der Waals surface area (Å²) >= 11 is 0. The van der Waals surface area contributed by atoms with Gasteiger partial charge in [0.1, 0.15) is 0 Å². The summed E-state index contributed by atoms with van der Waals surface area (Å²) in [5.74, 6) is 1.55. The van der Waals surface area contributed by atoms with Crippen LogP contribution in [0.15, 0.2) is 42.5 Å². The molecule has 0 aromatic heterocycles. The maximum atomic E-state index is 13.0. The minimum absolute atomic E-state index is 0.0438. The molecular formula is C24H29N3O4. The van der Waals surface area contributed by atoms with Gasteiger partial charge in [0.25, 0.3) is 5.91 Å². The molecule has 0 unspecified atom stereocenters. The smallest absolute Gasteiger partial charge is 0.253 e. The predicted molar refractivity (Wildman–Crippen MR) is 119 cm³/mol. The zero-order valence-corrected chi connectivity index (χ0v) is 18.1. The van der Waals surface area contributed by atoms with Crippen LogP contribution < -0.4 is 14.8 Å². The first-order valence-corrected chi connectivity index (χ1v) is 10.8. The van der Waals surface area contributed by atoms with Crippen molar-refractivity contribution in [2.24, 2.45) is 0 Å². The Morgan fingerprint density at radius 2 is 1.77 bits per heavy atom. The molecule has 0 aliphatic carbocycles. The molecule has 7 heteroatoms. The molecule has 2 aliphatic rings. The molecule has 1 N–H and O–H groups in total. The summed E-state index contributed by atoms with van der Waals surface area (Å²) in [5.41, 5.74) is 2.52. The molecule has 1 atom stereocenters. The third kappa shape index (κ3) is 4.76. The van der Waals surface area contributed by atoms with Gasteiger partial charge in [0, 0.05) is 38.3 Å². The zero-order valence-electron chi connectivity index (χ0n) is 18.1. The van der Waals surface area contributed by atoms with Crippen LogP contribution in [-0.2, 0) is 4.79 Å². The van der Waals surface area contributed by atoms with Crippen LogP contribution >= 0.6 is 0 Å². The van der Waals surface area contributed by atoms with E-state index in [2.05, 4.69) is 5.32 Å². The zero-order chi connectivity index (χ0) is 21.8. The average molecular weight is 424 g/mol. The van der Waals surface area contributed by atoms with Gasteiger partial charge in [-0.05, 0) is 54.8 Å². The van der Waals surface area contributed by atoms with Crippen molar-refractivity contribution >= 4 is 17.5 Å². The van der Waals surface area contributed by atoms with Gasteiger partial charge in [-0.25, -0.2) is 0 Å². The van der Waals surface area contributed by atoms with E-state index in [1.165, 1.54) is 0 Å². The summed E-state index contributed by atoms with van der Waals surface area (Å²) in [6.45, 7) is 2.26. The molecule has 2 amide bonds. The van der Waals surface area contributed by atoms with Crippen molar-refractivity contribution in [3.05, 3.63) is 53.6 Å². The summed E-state index contributed by atoms with van der Waals surface area (Å²) in [7, 11) is 3.45. The second-order valence-electron chi connectivity index (χ2n) is 8.13. The maximum absolute atomic E-state index is 13.0. The number of nitrogens with zero attached hydrogens (tertiary/aromatic N) is 2. The van der Waals surface area contributed by atoms with E-state index in [0.29, 0.717) is 18.8 Å². The Morgan fingerprint density at radius 1 is 1.03 bits per heavy atom. The van der Waals surface area contributed by atoms with Crippen molar-refractivity contribution in [1.29, 1.82) is 0 Å². The van der Waals surface area contributed by atoms with E-state index in [-0.39, 0.29) is 24.4 Å².